The van der Waals surface area contributed by atoms with Crippen molar-refractivity contribution < 1.29 is 0 Å². The molecule has 0 bridgehead atoms. The summed E-state index contributed by atoms with van der Waals surface area (Å²) in [6, 6.07) is 5.87. The van der Waals surface area contributed by atoms with Crippen molar-refractivity contribution in [1.29, 1.82) is 0 Å². The van der Waals surface area contributed by atoms with Gasteiger partial charge in [-0.2, -0.15) is 0 Å². The van der Waals surface area contributed by atoms with Crippen molar-refractivity contribution in [3.8, 4) is 0 Å². The minimum Gasteiger partial charge on any atom is -0.274 e. The van der Waals surface area contributed by atoms with Crippen LogP contribution in [0.3, 0.4) is 0 Å². The summed E-state index contributed by atoms with van der Waals surface area (Å²) in [5, 5.41) is 1.42. The molecule has 2 heterocycles. The molecule has 0 saturated carbocycles. The predicted molar refractivity (Wildman–Crippen MR) is 63.2 cm³/mol. The summed E-state index contributed by atoms with van der Waals surface area (Å²) >= 11 is 9.43. The molecule has 0 spiro atoms. The number of benzene rings is 1. The van der Waals surface area contributed by atoms with Gasteiger partial charge in [-0.1, -0.05) is 15.9 Å². The standard InChI is InChI=1S/C10H5BrClN3/c11-6-1-2-7-8(5-6)14-10(12)15-4-3-13-9(7)15/h1-5H. The number of imidazole rings is 1. The Kier molecular flexibility index (Phi) is 1.94. The van der Waals surface area contributed by atoms with E-state index in [2.05, 4.69) is 25.9 Å². The lowest BCUT2D eigenvalue weighted by Crippen LogP contribution is -1.91. The second-order valence-corrected chi connectivity index (χ2v) is 4.42. The van der Waals surface area contributed by atoms with Gasteiger partial charge in [0, 0.05) is 22.3 Å². The highest BCUT2D eigenvalue weighted by Crippen LogP contribution is 2.23. The number of nitrogens with zero attached hydrogens (tertiary/aromatic N) is 3. The summed E-state index contributed by atoms with van der Waals surface area (Å²) in [5.41, 5.74) is 1.67. The van der Waals surface area contributed by atoms with Crippen LogP contribution in [0.1, 0.15) is 0 Å². The molecule has 0 atom stereocenters. The summed E-state index contributed by atoms with van der Waals surface area (Å²) < 4.78 is 2.74. The number of hydrogen-bond acceptors (Lipinski definition) is 2. The van der Waals surface area contributed by atoms with E-state index in [1.54, 1.807) is 16.8 Å². The maximum atomic E-state index is 6.03. The molecule has 0 fully saturated rings. The normalized spacial score (nSPS) is 11.3. The number of halogens is 2. The molecule has 0 aliphatic rings. The molecule has 3 rings (SSSR count). The smallest absolute Gasteiger partial charge is 0.209 e. The zero-order valence-electron chi connectivity index (χ0n) is 7.48. The van der Waals surface area contributed by atoms with Gasteiger partial charge in [-0.3, -0.25) is 4.40 Å². The highest BCUT2D eigenvalue weighted by molar-refractivity contribution is 9.10. The molecule has 5 heteroatoms. The van der Waals surface area contributed by atoms with Gasteiger partial charge in [0.05, 0.1) is 5.52 Å². The minimum absolute atomic E-state index is 0.424. The lowest BCUT2D eigenvalue weighted by Gasteiger charge is -2.02. The highest BCUT2D eigenvalue weighted by Gasteiger charge is 2.06. The molecule has 3 aromatic rings. The third-order valence-corrected chi connectivity index (χ3v) is 3.01. The van der Waals surface area contributed by atoms with Crippen LogP contribution in [-0.2, 0) is 0 Å². The van der Waals surface area contributed by atoms with Crippen LogP contribution in [0.2, 0.25) is 5.28 Å². The third kappa shape index (κ3) is 1.33. The topological polar surface area (TPSA) is 30.2 Å². The van der Waals surface area contributed by atoms with Crippen LogP contribution in [0.5, 0.6) is 0 Å². The molecule has 0 radical (unpaired) electrons. The third-order valence-electron chi connectivity index (χ3n) is 2.25. The molecule has 0 amide bonds. The van der Waals surface area contributed by atoms with Crippen molar-refractivity contribution in [3.63, 3.8) is 0 Å². The van der Waals surface area contributed by atoms with Gasteiger partial charge >= 0.3 is 0 Å². The Bertz CT molecular complexity index is 662. The van der Waals surface area contributed by atoms with Gasteiger partial charge in [0.1, 0.15) is 5.65 Å². The van der Waals surface area contributed by atoms with E-state index in [4.69, 9.17) is 11.6 Å². The Labute approximate surface area is 98.8 Å². The number of rotatable bonds is 0. The van der Waals surface area contributed by atoms with Gasteiger partial charge in [0.2, 0.25) is 5.28 Å². The molecule has 1 aromatic carbocycles. The zero-order chi connectivity index (χ0) is 10.4. The van der Waals surface area contributed by atoms with E-state index >= 15 is 0 Å². The van der Waals surface area contributed by atoms with E-state index in [0.717, 1.165) is 21.0 Å². The molecular formula is C10H5BrClN3. The molecule has 0 aliphatic heterocycles. The Morgan fingerprint density at radius 1 is 1.33 bits per heavy atom. The summed E-state index contributed by atoms with van der Waals surface area (Å²) in [4.78, 5) is 8.56. The van der Waals surface area contributed by atoms with Crippen molar-refractivity contribution >= 4 is 44.1 Å². The molecule has 0 N–H and O–H groups in total. The van der Waals surface area contributed by atoms with Crippen molar-refractivity contribution in [3.05, 3.63) is 40.3 Å². The molecule has 0 unspecified atom stereocenters. The number of aromatic nitrogens is 3. The van der Waals surface area contributed by atoms with E-state index < -0.39 is 0 Å². The fourth-order valence-corrected chi connectivity index (χ4v) is 2.17. The molecular weight excluding hydrogens is 277 g/mol. The van der Waals surface area contributed by atoms with Gasteiger partial charge < -0.3 is 0 Å². The first kappa shape index (κ1) is 9.12. The maximum Gasteiger partial charge on any atom is 0.209 e. The molecule has 15 heavy (non-hydrogen) atoms. The van der Waals surface area contributed by atoms with E-state index in [9.17, 15) is 0 Å². The lowest BCUT2D eigenvalue weighted by molar-refractivity contribution is 1.12. The van der Waals surface area contributed by atoms with Crippen LogP contribution in [0.15, 0.2) is 35.1 Å². The number of fused-ring (bicyclic) bond motifs is 3. The second-order valence-electron chi connectivity index (χ2n) is 3.16. The van der Waals surface area contributed by atoms with Crippen LogP contribution < -0.4 is 0 Å². The van der Waals surface area contributed by atoms with Crippen LogP contribution >= 0.6 is 27.5 Å². The highest BCUT2D eigenvalue weighted by atomic mass is 79.9. The molecule has 0 saturated heterocycles. The summed E-state index contributed by atoms with van der Waals surface area (Å²) in [5.74, 6) is 0. The zero-order valence-corrected chi connectivity index (χ0v) is 9.83. The predicted octanol–water partition coefficient (Wildman–Crippen LogP) is 3.30. The second kappa shape index (κ2) is 3.18. The van der Waals surface area contributed by atoms with Crippen molar-refractivity contribution in [2.24, 2.45) is 0 Å². The maximum absolute atomic E-state index is 6.03. The van der Waals surface area contributed by atoms with E-state index in [-0.39, 0.29) is 0 Å². The fraction of sp³-hybridized carbons (Fsp3) is 0. The molecule has 74 valence electrons. The molecule has 0 aliphatic carbocycles. The summed E-state index contributed by atoms with van der Waals surface area (Å²) in [7, 11) is 0. The van der Waals surface area contributed by atoms with Crippen LogP contribution in [0, 0.1) is 0 Å². The minimum atomic E-state index is 0.424. The fourth-order valence-electron chi connectivity index (χ4n) is 1.59. The number of hydrogen-bond donors (Lipinski definition) is 0. The van der Waals surface area contributed by atoms with Gasteiger partial charge in [-0.05, 0) is 29.8 Å². The average molecular weight is 283 g/mol. The van der Waals surface area contributed by atoms with Gasteiger partial charge in [-0.25, -0.2) is 9.97 Å². The molecule has 3 nitrogen and oxygen atoms in total. The van der Waals surface area contributed by atoms with Crippen LogP contribution in [0.25, 0.3) is 16.6 Å². The largest absolute Gasteiger partial charge is 0.274 e. The van der Waals surface area contributed by atoms with E-state index in [0.29, 0.717) is 5.28 Å². The van der Waals surface area contributed by atoms with Crippen molar-refractivity contribution in [2.45, 2.75) is 0 Å². The van der Waals surface area contributed by atoms with Crippen molar-refractivity contribution in [1.82, 2.24) is 14.4 Å². The Balaban J connectivity index is 2.60. The quantitative estimate of drug-likeness (QED) is 0.592. The average Bonchev–Trinajstić information content (AvgIpc) is 2.66. The van der Waals surface area contributed by atoms with Crippen LogP contribution in [0.4, 0.5) is 0 Å². The van der Waals surface area contributed by atoms with E-state index in [1.165, 1.54) is 0 Å². The van der Waals surface area contributed by atoms with Gasteiger partial charge in [-0.15, -0.1) is 0 Å². The first-order valence-electron chi connectivity index (χ1n) is 4.33. The summed E-state index contributed by atoms with van der Waals surface area (Å²) in [6.45, 7) is 0. The Hall–Kier alpha value is -1.13. The van der Waals surface area contributed by atoms with E-state index in [1.807, 2.05) is 18.2 Å². The van der Waals surface area contributed by atoms with Crippen molar-refractivity contribution in [2.75, 3.05) is 0 Å². The summed E-state index contributed by atoms with van der Waals surface area (Å²) in [6.07, 6.45) is 3.51. The first-order valence-corrected chi connectivity index (χ1v) is 5.50. The Morgan fingerprint density at radius 3 is 3.07 bits per heavy atom. The molecule has 2 aromatic heterocycles. The van der Waals surface area contributed by atoms with Gasteiger partial charge in [0.15, 0.2) is 0 Å². The Morgan fingerprint density at radius 2 is 2.20 bits per heavy atom. The van der Waals surface area contributed by atoms with Crippen LogP contribution in [-0.4, -0.2) is 14.4 Å². The lowest BCUT2D eigenvalue weighted by atomic mass is 10.2. The first-order chi connectivity index (χ1) is 7.25. The van der Waals surface area contributed by atoms with Gasteiger partial charge in [0.25, 0.3) is 0 Å². The SMILES string of the molecule is Clc1nc2cc(Br)ccc2c2nccn12. The monoisotopic (exact) mass is 281 g/mol.